The number of aromatic amines is 1. The van der Waals surface area contributed by atoms with E-state index in [1.165, 1.54) is 6.33 Å². The summed E-state index contributed by atoms with van der Waals surface area (Å²) in [5.74, 6) is 0.762. The fourth-order valence-electron chi connectivity index (χ4n) is 3.33. The lowest BCUT2D eigenvalue weighted by molar-refractivity contribution is 0.960. The van der Waals surface area contributed by atoms with E-state index in [0.29, 0.717) is 16.6 Å². The molecule has 0 atom stereocenters. The number of rotatable bonds is 5. The molecule has 0 saturated heterocycles. The molecule has 0 unspecified atom stereocenters. The molecule has 0 aliphatic carbocycles. The fourth-order valence-corrected chi connectivity index (χ4v) is 3.63. The number of nitrogens with zero attached hydrogens (tertiary/aromatic N) is 5. The van der Waals surface area contributed by atoms with E-state index >= 15 is 0 Å². The van der Waals surface area contributed by atoms with Crippen molar-refractivity contribution in [3.63, 3.8) is 0 Å². The minimum Gasteiger partial charge on any atom is -0.378 e. The number of imidazole rings is 1. The van der Waals surface area contributed by atoms with Gasteiger partial charge in [-0.1, -0.05) is 29.3 Å². The van der Waals surface area contributed by atoms with Crippen molar-refractivity contribution in [3.05, 3.63) is 82.6 Å². The Kier molecular flexibility index (Phi) is 5.05. The summed E-state index contributed by atoms with van der Waals surface area (Å²) in [5.41, 5.74) is 5.92. The summed E-state index contributed by atoms with van der Waals surface area (Å²) < 4.78 is 1.73. The Morgan fingerprint density at radius 2 is 1.94 bits per heavy atom. The second-order valence-electron chi connectivity index (χ2n) is 7.03. The van der Waals surface area contributed by atoms with Crippen LogP contribution in [-0.4, -0.2) is 29.5 Å². The average molecular weight is 450 g/mol. The molecule has 0 radical (unpaired) electrons. The highest BCUT2D eigenvalue weighted by Gasteiger charge is 2.16. The molecule has 31 heavy (non-hydrogen) atoms. The highest BCUT2D eigenvalue weighted by Crippen LogP contribution is 2.30. The highest BCUT2D eigenvalue weighted by atomic mass is 35.5. The number of aryl methyl sites for hydroxylation is 1. The third kappa shape index (κ3) is 3.97. The van der Waals surface area contributed by atoms with Crippen molar-refractivity contribution in [2.75, 3.05) is 5.32 Å². The number of H-pyrrole nitrogens is 1. The molecule has 0 bridgehead atoms. The topological polar surface area (TPSA) is 83.8 Å². The minimum absolute atomic E-state index is 0.475. The van der Waals surface area contributed by atoms with Crippen LogP contribution >= 0.6 is 23.2 Å². The minimum atomic E-state index is 0.475. The van der Waals surface area contributed by atoms with Crippen LogP contribution in [0, 0.1) is 6.92 Å². The van der Waals surface area contributed by atoms with Gasteiger partial charge in [-0.3, -0.25) is 4.98 Å². The summed E-state index contributed by atoms with van der Waals surface area (Å²) >= 11 is 12.1. The molecule has 2 N–H and O–H groups in total. The number of nitrogens with one attached hydrogen (secondary N) is 2. The molecule has 0 fully saturated rings. The summed E-state index contributed by atoms with van der Waals surface area (Å²) in [6.07, 6.45) is 3.44. The zero-order chi connectivity index (χ0) is 21.4. The van der Waals surface area contributed by atoms with Gasteiger partial charge in [0.05, 0.1) is 33.7 Å². The Balaban J connectivity index is 1.53. The monoisotopic (exact) mass is 449 g/mol. The summed E-state index contributed by atoms with van der Waals surface area (Å²) in [4.78, 5) is 17.2. The van der Waals surface area contributed by atoms with Gasteiger partial charge < -0.3 is 10.3 Å². The Morgan fingerprint density at radius 3 is 2.77 bits per heavy atom. The number of aromatic nitrogens is 6. The van der Waals surface area contributed by atoms with E-state index in [1.54, 1.807) is 16.6 Å². The van der Waals surface area contributed by atoms with Crippen molar-refractivity contribution in [1.29, 1.82) is 0 Å². The number of pyridine rings is 2. The zero-order valence-electron chi connectivity index (χ0n) is 16.5. The molecule has 0 aliphatic heterocycles. The molecule has 1 aromatic carbocycles. The first-order chi connectivity index (χ1) is 15.1. The molecule has 5 rings (SSSR count). The lowest BCUT2D eigenvalue weighted by Crippen LogP contribution is -2.01. The van der Waals surface area contributed by atoms with Gasteiger partial charge in [-0.2, -0.15) is 5.10 Å². The van der Waals surface area contributed by atoms with Crippen LogP contribution in [0.1, 0.15) is 11.5 Å². The molecule has 0 saturated carbocycles. The quantitative estimate of drug-likeness (QED) is 0.374. The Labute approximate surface area is 188 Å². The van der Waals surface area contributed by atoms with Gasteiger partial charge in [-0.05, 0) is 49.4 Å². The Hall–Kier alpha value is -3.42. The van der Waals surface area contributed by atoms with Gasteiger partial charge in [-0.25, -0.2) is 14.5 Å². The number of benzene rings is 1. The van der Waals surface area contributed by atoms with Gasteiger partial charge >= 0.3 is 0 Å². The second kappa shape index (κ2) is 8.02. The number of hydrogen-bond acceptors (Lipinski definition) is 5. The first kappa shape index (κ1) is 19.5. The maximum absolute atomic E-state index is 6.12. The van der Waals surface area contributed by atoms with E-state index in [0.717, 1.165) is 45.5 Å². The maximum atomic E-state index is 6.12. The van der Waals surface area contributed by atoms with Crippen LogP contribution in [-0.2, 0) is 6.54 Å². The van der Waals surface area contributed by atoms with Gasteiger partial charge in [0.15, 0.2) is 5.65 Å². The maximum Gasteiger partial charge on any atom is 0.155 e. The normalized spacial score (nSPS) is 11.2. The van der Waals surface area contributed by atoms with Crippen LogP contribution in [0.3, 0.4) is 0 Å². The van der Waals surface area contributed by atoms with Crippen molar-refractivity contribution < 1.29 is 0 Å². The Bertz CT molecular complexity index is 1390. The Morgan fingerprint density at radius 1 is 1.03 bits per heavy atom. The van der Waals surface area contributed by atoms with Crippen LogP contribution in [0.25, 0.3) is 28.3 Å². The third-order valence-corrected chi connectivity index (χ3v) is 5.56. The van der Waals surface area contributed by atoms with Gasteiger partial charge in [0.2, 0.25) is 0 Å². The van der Waals surface area contributed by atoms with E-state index in [-0.39, 0.29) is 0 Å². The van der Waals surface area contributed by atoms with Crippen LogP contribution in [0.4, 0.5) is 5.69 Å². The molecule has 9 heteroatoms. The molecular formula is C22H17Cl2N7. The van der Waals surface area contributed by atoms with Crippen molar-refractivity contribution in [2.45, 2.75) is 13.5 Å². The second-order valence-corrected chi connectivity index (χ2v) is 7.85. The first-order valence-electron chi connectivity index (χ1n) is 9.58. The largest absolute Gasteiger partial charge is 0.378 e. The molecular weight excluding hydrogens is 433 g/mol. The predicted molar refractivity (Wildman–Crippen MR) is 122 cm³/mol. The number of fused-ring (bicyclic) bond motifs is 1. The predicted octanol–water partition coefficient (Wildman–Crippen LogP) is 5.41. The number of halogens is 2. The summed E-state index contributed by atoms with van der Waals surface area (Å²) in [7, 11) is 0. The fraction of sp³-hybridized carbons (Fsp3) is 0.0909. The standard InChI is InChI=1S/C22H17Cl2N7/c1-13-3-2-4-18(28-13)22-21(14-5-8-20-26-12-27-31(20)11-14)29-19(30-22)10-25-15-6-7-16(23)17(24)9-15/h2-9,11-12,25H,10H2,1H3,(H,29,30). The third-order valence-electron chi connectivity index (χ3n) is 4.82. The zero-order valence-corrected chi connectivity index (χ0v) is 18.0. The average Bonchev–Trinajstić information content (AvgIpc) is 3.41. The molecule has 4 heterocycles. The SMILES string of the molecule is Cc1cccc(-c2[nH]c(CNc3ccc(Cl)c(Cl)c3)nc2-c2ccc3ncnn3c2)n1. The van der Waals surface area contributed by atoms with E-state index in [9.17, 15) is 0 Å². The van der Waals surface area contributed by atoms with Crippen LogP contribution in [0.2, 0.25) is 10.0 Å². The van der Waals surface area contributed by atoms with Crippen molar-refractivity contribution in [1.82, 2.24) is 29.5 Å². The summed E-state index contributed by atoms with van der Waals surface area (Å²) in [5, 5.41) is 8.58. The van der Waals surface area contributed by atoms with Crippen molar-refractivity contribution in [2.24, 2.45) is 0 Å². The molecule has 0 spiro atoms. The van der Waals surface area contributed by atoms with Crippen molar-refractivity contribution >= 4 is 34.5 Å². The van der Waals surface area contributed by atoms with Crippen LogP contribution in [0.5, 0.6) is 0 Å². The van der Waals surface area contributed by atoms with Gasteiger partial charge in [0.1, 0.15) is 12.2 Å². The van der Waals surface area contributed by atoms with Crippen molar-refractivity contribution in [3.8, 4) is 22.6 Å². The molecule has 0 amide bonds. The van der Waals surface area contributed by atoms with Crippen LogP contribution < -0.4 is 5.32 Å². The number of hydrogen-bond donors (Lipinski definition) is 2. The highest BCUT2D eigenvalue weighted by molar-refractivity contribution is 6.42. The lowest BCUT2D eigenvalue weighted by atomic mass is 10.1. The van der Waals surface area contributed by atoms with Gasteiger partial charge in [0, 0.05) is 23.1 Å². The summed E-state index contributed by atoms with van der Waals surface area (Å²) in [6, 6.07) is 15.2. The van der Waals surface area contributed by atoms with E-state index < -0.39 is 0 Å². The molecule has 7 nitrogen and oxygen atoms in total. The van der Waals surface area contributed by atoms with E-state index in [4.69, 9.17) is 28.2 Å². The van der Waals surface area contributed by atoms with Gasteiger partial charge in [0.25, 0.3) is 0 Å². The number of anilines is 1. The lowest BCUT2D eigenvalue weighted by Gasteiger charge is -2.05. The van der Waals surface area contributed by atoms with E-state index in [2.05, 4.69) is 25.4 Å². The van der Waals surface area contributed by atoms with E-state index in [1.807, 2.05) is 49.5 Å². The van der Waals surface area contributed by atoms with Crippen LogP contribution in [0.15, 0.2) is 61.1 Å². The molecule has 0 aliphatic rings. The first-order valence-corrected chi connectivity index (χ1v) is 10.3. The smallest absolute Gasteiger partial charge is 0.155 e. The molecule has 5 aromatic rings. The van der Waals surface area contributed by atoms with Gasteiger partial charge in [-0.15, -0.1) is 0 Å². The summed E-state index contributed by atoms with van der Waals surface area (Å²) in [6.45, 7) is 2.44. The molecule has 4 aromatic heterocycles. The molecule has 154 valence electrons.